The average Bonchev–Trinajstić information content (AvgIpc) is 2.37. The standard InChI is InChI=1S/C13H14BrClN4/c1-7-6-9(8(2)19-18-7)13(17-16)12-10(14)4-3-5-11(12)15/h3-6,13,17H,16H2,1-2H3. The number of benzene rings is 1. The van der Waals surface area contributed by atoms with Gasteiger partial charge in [-0.3, -0.25) is 5.84 Å². The van der Waals surface area contributed by atoms with Gasteiger partial charge < -0.3 is 0 Å². The van der Waals surface area contributed by atoms with E-state index in [1.54, 1.807) is 0 Å². The lowest BCUT2D eigenvalue weighted by Gasteiger charge is -2.21. The highest BCUT2D eigenvalue weighted by atomic mass is 79.9. The molecule has 0 aliphatic rings. The third-order valence-electron chi connectivity index (χ3n) is 2.91. The molecule has 0 saturated carbocycles. The molecule has 1 atom stereocenters. The molecule has 0 bridgehead atoms. The van der Waals surface area contributed by atoms with Crippen LogP contribution in [0.3, 0.4) is 0 Å². The molecular weight excluding hydrogens is 328 g/mol. The van der Waals surface area contributed by atoms with Gasteiger partial charge in [0, 0.05) is 15.1 Å². The largest absolute Gasteiger partial charge is 0.271 e. The van der Waals surface area contributed by atoms with Crippen LogP contribution in [0.2, 0.25) is 5.02 Å². The number of hydrogen-bond acceptors (Lipinski definition) is 4. The van der Waals surface area contributed by atoms with Crippen molar-refractivity contribution >= 4 is 27.5 Å². The average molecular weight is 342 g/mol. The van der Waals surface area contributed by atoms with Gasteiger partial charge in [0.15, 0.2) is 0 Å². The highest BCUT2D eigenvalue weighted by Gasteiger charge is 2.21. The summed E-state index contributed by atoms with van der Waals surface area (Å²) in [7, 11) is 0. The Labute approximate surface area is 125 Å². The van der Waals surface area contributed by atoms with E-state index >= 15 is 0 Å². The summed E-state index contributed by atoms with van der Waals surface area (Å²) in [6, 6.07) is 7.37. The normalized spacial score (nSPS) is 12.5. The van der Waals surface area contributed by atoms with Crippen LogP contribution in [-0.4, -0.2) is 10.2 Å². The summed E-state index contributed by atoms with van der Waals surface area (Å²) in [4.78, 5) is 0. The van der Waals surface area contributed by atoms with E-state index < -0.39 is 0 Å². The predicted octanol–water partition coefficient (Wildman–Crippen LogP) is 3.06. The molecule has 4 nitrogen and oxygen atoms in total. The summed E-state index contributed by atoms with van der Waals surface area (Å²) in [6.07, 6.45) is 0. The van der Waals surface area contributed by atoms with Crippen molar-refractivity contribution in [1.82, 2.24) is 15.6 Å². The van der Waals surface area contributed by atoms with E-state index in [1.165, 1.54) is 0 Å². The molecule has 1 aromatic heterocycles. The van der Waals surface area contributed by atoms with Gasteiger partial charge in [0.2, 0.25) is 0 Å². The van der Waals surface area contributed by atoms with Gasteiger partial charge in [0.25, 0.3) is 0 Å². The van der Waals surface area contributed by atoms with Crippen LogP contribution in [0.15, 0.2) is 28.7 Å². The first-order chi connectivity index (χ1) is 9.04. The fourth-order valence-corrected chi connectivity index (χ4v) is 2.97. The number of aryl methyl sites for hydroxylation is 2. The molecule has 0 fully saturated rings. The monoisotopic (exact) mass is 340 g/mol. The van der Waals surface area contributed by atoms with E-state index in [0.29, 0.717) is 5.02 Å². The van der Waals surface area contributed by atoms with Gasteiger partial charge in [-0.1, -0.05) is 33.6 Å². The van der Waals surface area contributed by atoms with Crippen molar-refractivity contribution < 1.29 is 0 Å². The molecule has 0 aliphatic carbocycles. The number of aromatic nitrogens is 2. The van der Waals surface area contributed by atoms with E-state index in [2.05, 4.69) is 31.6 Å². The second-order valence-corrected chi connectivity index (χ2v) is 5.52. The minimum absolute atomic E-state index is 0.239. The van der Waals surface area contributed by atoms with Crippen molar-refractivity contribution in [3.63, 3.8) is 0 Å². The Bertz CT molecular complexity index is 583. The summed E-state index contributed by atoms with van der Waals surface area (Å²) in [5, 5.41) is 8.80. The third-order valence-corrected chi connectivity index (χ3v) is 3.93. The Morgan fingerprint density at radius 1 is 1.32 bits per heavy atom. The molecule has 19 heavy (non-hydrogen) atoms. The van der Waals surface area contributed by atoms with Crippen molar-refractivity contribution in [3.05, 3.63) is 56.3 Å². The second kappa shape index (κ2) is 5.96. The van der Waals surface area contributed by atoms with Crippen LogP contribution in [-0.2, 0) is 0 Å². The van der Waals surface area contributed by atoms with Gasteiger partial charge >= 0.3 is 0 Å². The molecule has 0 aliphatic heterocycles. The number of nitrogens with two attached hydrogens (primary N) is 1. The molecule has 0 spiro atoms. The lowest BCUT2D eigenvalue weighted by molar-refractivity contribution is 0.624. The van der Waals surface area contributed by atoms with Crippen LogP contribution in [0.25, 0.3) is 0 Å². The zero-order valence-corrected chi connectivity index (χ0v) is 13.0. The quantitative estimate of drug-likeness (QED) is 0.665. The Morgan fingerprint density at radius 2 is 2.05 bits per heavy atom. The highest BCUT2D eigenvalue weighted by Crippen LogP contribution is 2.34. The van der Waals surface area contributed by atoms with Crippen molar-refractivity contribution in [2.24, 2.45) is 5.84 Å². The van der Waals surface area contributed by atoms with Gasteiger partial charge in [0.1, 0.15) is 0 Å². The molecule has 1 aromatic carbocycles. The minimum Gasteiger partial charge on any atom is -0.271 e. The number of nitrogens with one attached hydrogen (secondary N) is 1. The number of halogens is 2. The van der Waals surface area contributed by atoms with Gasteiger partial charge in [0.05, 0.1) is 17.4 Å². The van der Waals surface area contributed by atoms with Crippen molar-refractivity contribution in [2.75, 3.05) is 0 Å². The molecule has 2 rings (SSSR count). The van der Waals surface area contributed by atoms with Crippen LogP contribution in [0, 0.1) is 13.8 Å². The highest BCUT2D eigenvalue weighted by molar-refractivity contribution is 9.10. The first-order valence-electron chi connectivity index (χ1n) is 5.75. The summed E-state index contributed by atoms with van der Waals surface area (Å²) in [5.41, 5.74) is 6.31. The fraction of sp³-hybridized carbons (Fsp3) is 0.231. The zero-order chi connectivity index (χ0) is 14.0. The maximum Gasteiger partial charge on any atom is 0.0754 e. The first-order valence-corrected chi connectivity index (χ1v) is 6.92. The molecule has 100 valence electrons. The Morgan fingerprint density at radius 3 is 2.68 bits per heavy atom. The number of hydrogen-bond donors (Lipinski definition) is 2. The topological polar surface area (TPSA) is 63.8 Å². The molecule has 3 N–H and O–H groups in total. The Hall–Kier alpha value is -1.01. The van der Waals surface area contributed by atoms with Gasteiger partial charge in [-0.05, 0) is 37.6 Å². The molecule has 2 aromatic rings. The van der Waals surface area contributed by atoms with E-state index in [4.69, 9.17) is 17.4 Å². The first kappa shape index (κ1) is 14.4. The van der Waals surface area contributed by atoms with Crippen molar-refractivity contribution in [2.45, 2.75) is 19.9 Å². The molecule has 6 heteroatoms. The van der Waals surface area contributed by atoms with E-state index in [9.17, 15) is 0 Å². The van der Waals surface area contributed by atoms with Gasteiger partial charge in [-0.2, -0.15) is 10.2 Å². The molecule has 0 radical (unpaired) electrons. The van der Waals surface area contributed by atoms with Crippen LogP contribution in [0.1, 0.15) is 28.6 Å². The summed E-state index contributed by atoms with van der Waals surface area (Å²) >= 11 is 9.80. The molecule has 1 unspecified atom stereocenters. The molecule has 0 saturated heterocycles. The summed E-state index contributed by atoms with van der Waals surface area (Å²) in [6.45, 7) is 3.79. The van der Waals surface area contributed by atoms with Crippen molar-refractivity contribution in [3.8, 4) is 0 Å². The molecular formula is C13H14BrClN4. The van der Waals surface area contributed by atoms with Crippen molar-refractivity contribution in [1.29, 1.82) is 0 Å². The van der Waals surface area contributed by atoms with Crippen LogP contribution >= 0.6 is 27.5 Å². The lowest BCUT2D eigenvalue weighted by Crippen LogP contribution is -2.30. The Balaban J connectivity index is 2.59. The van der Waals surface area contributed by atoms with Crippen LogP contribution in [0.4, 0.5) is 0 Å². The predicted molar refractivity (Wildman–Crippen MR) is 79.8 cm³/mol. The van der Waals surface area contributed by atoms with Gasteiger partial charge in [-0.25, -0.2) is 5.43 Å². The number of rotatable bonds is 3. The third kappa shape index (κ3) is 2.95. The van der Waals surface area contributed by atoms with Gasteiger partial charge in [-0.15, -0.1) is 0 Å². The van der Waals surface area contributed by atoms with E-state index in [1.807, 2.05) is 38.1 Å². The fourth-order valence-electron chi connectivity index (χ4n) is 1.98. The molecule has 0 amide bonds. The van der Waals surface area contributed by atoms with Crippen LogP contribution < -0.4 is 11.3 Å². The smallest absolute Gasteiger partial charge is 0.0754 e. The minimum atomic E-state index is -0.239. The van der Waals surface area contributed by atoms with Crippen LogP contribution in [0.5, 0.6) is 0 Å². The summed E-state index contributed by atoms with van der Waals surface area (Å²) in [5.74, 6) is 5.72. The Kier molecular flexibility index (Phi) is 4.52. The van der Waals surface area contributed by atoms with E-state index in [-0.39, 0.29) is 6.04 Å². The summed E-state index contributed by atoms with van der Waals surface area (Å²) < 4.78 is 0.900. The number of nitrogens with zero attached hydrogens (tertiary/aromatic N) is 2. The number of hydrazine groups is 1. The van der Waals surface area contributed by atoms with E-state index in [0.717, 1.165) is 27.0 Å². The maximum absolute atomic E-state index is 6.28. The second-order valence-electron chi connectivity index (χ2n) is 4.26. The lowest BCUT2D eigenvalue weighted by atomic mass is 9.98. The zero-order valence-electron chi connectivity index (χ0n) is 10.6. The molecule has 1 heterocycles. The maximum atomic E-state index is 6.28. The SMILES string of the molecule is Cc1cc(C(NN)c2c(Cl)cccc2Br)c(C)nn1.